The van der Waals surface area contributed by atoms with Crippen molar-refractivity contribution in [2.45, 2.75) is 18.0 Å². The van der Waals surface area contributed by atoms with Gasteiger partial charge < -0.3 is 5.32 Å². The molecule has 1 amide bonds. The number of carbonyl (C=O) groups is 1. The van der Waals surface area contributed by atoms with Crippen LogP contribution in [0.1, 0.15) is 21.9 Å². The molecular weight excluding hydrogens is 499 g/mol. The Bertz CT molecular complexity index is 1490. The summed E-state index contributed by atoms with van der Waals surface area (Å²) in [4.78, 5) is 24.0. The number of anilines is 2. The van der Waals surface area contributed by atoms with Crippen molar-refractivity contribution in [2.24, 2.45) is 0 Å². The minimum atomic E-state index is -4.75. The van der Waals surface area contributed by atoms with Gasteiger partial charge in [0.1, 0.15) is 10.7 Å². The molecule has 0 spiro atoms. The van der Waals surface area contributed by atoms with Gasteiger partial charge in [-0.15, -0.1) is 0 Å². The Kier molecular flexibility index (Phi) is 5.87. The van der Waals surface area contributed by atoms with E-state index >= 15 is 0 Å². The molecule has 0 saturated carbocycles. The van der Waals surface area contributed by atoms with Crippen LogP contribution in [0.5, 0.6) is 0 Å². The summed E-state index contributed by atoms with van der Waals surface area (Å²) in [5.41, 5.74) is -1.76. The molecule has 0 fully saturated rings. The first-order chi connectivity index (χ1) is 16.0. The van der Waals surface area contributed by atoms with Gasteiger partial charge in [-0.05, 0) is 43.3 Å². The van der Waals surface area contributed by atoms with E-state index in [2.05, 4.69) is 30.1 Å². The molecule has 0 atom stereocenters. The van der Waals surface area contributed by atoms with Crippen LogP contribution in [0.2, 0.25) is 5.02 Å². The molecule has 4 aromatic rings. The van der Waals surface area contributed by atoms with Crippen molar-refractivity contribution in [3.63, 3.8) is 0 Å². The highest BCUT2D eigenvalue weighted by atomic mass is 35.5. The number of amides is 1. The molecule has 176 valence electrons. The zero-order valence-electron chi connectivity index (χ0n) is 17.0. The van der Waals surface area contributed by atoms with Crippen LogP contribution >= 0.6 is 11.6 Å². The van der Waals surface area contributed by atoms with Crippen LogP contribution in [0.15, 0.2) is 53.7 Å². The molecule has 2 N–H and O–H groups in total. The molecule has 10 nitrogen and oxygen atoms in total. The number of hydrogen-bond acceptors (Lipinski definition) is 7. The number of aryl methyl sites for hydroxylation is 1. The Hall–Kier alpha value is -3.78. The third kappa shape index (κ3) is 4.63. The van der Waals surface area contributed by atoms with Crippen molar-refractivity contribution in [1.29, 1.82) is 0 Å². The number of aromatic nitrogens is 5. The molecule has 0 radical (unpaired) electrons. The summed E-state index contributed by atoms with van der Waals surface area (Å²) in [6.45, 7) is 1.35. The Morgan fingerprint density at radius 3 is 2.38 bits per heavy atom. The summed E-state index contributed by atoms with van der Waals surface area (Å²) in [6, 6.07) is 7.28. The van der Waals surface area contributed by atoms with Gasteiger partial charge >= 0.3 is 6.18 Å². The van der Waals surface area contributed by atoms with E-state index in [-0.39, 0.29) is 32.9 Å². The first kappa shape index (κ1) is 23.4. The lowest BCUT2D eigenvalue weighted by molar-refractivity contribution is -0.142. The summed E-state index contributed by atoms with van der Waals surface area (Å²) in [6.07, 6.45) is -2.03. The van der Waals surface area contributed by atoms with Gasteiger partial charge in [0.25, 0.3) is 15.9 Å². The van der Waals surface area contributed by atoms with Crippen LogP contribution in [-0.4, -0.2) is 38.9 Å². The fraction of sp³-hybridized carbons (Fsp3) is 0.105. The van der Waals surface area contributed by atoms with E-state index in [1.807, 2.05) is 0 Å². The number of sulfonamides is 1. The molecule has 15 heteroatoms. The maximum Gasteiger partial charge on any atom is 0.433 e. The van der Waals surface area contributed by atoms with Gasteiger partial charge in [0, 0.05) is 23.8 Å². The molecule has 3 aromatic heterocycles. The highest BCUT2D eigenvalue weighted by Gasteiger charge is 2.36. The quantitative estimate of drug-likeness (QED) is 0.419. The van der Waals surface area contributed by atoms with Crippen LogP contribution < -0.4 is 10.0 Å². The second-order valence-electron chi connectivity index (χ2n) is 6.83. The van der Waals surface area contributed by atoms with E-state index in [1.165, 1.54) is 49.6 Å². The highest BCUT2D eigenvalue weighted by Crippen LogP contribution is 2.32. The van der Waals surface area contributed by atoms with Crippen LogP contribution in [0.3, 0.4) is 0 Å². The van der Waals surface area contributed by atoms with Gasteiger partial charge in [-0.3, -0.25) is 4.79 Å². The topological polar surface area (TPSA) is 131 Å². The Morgan fingerprint density at radius 1 is 1.12 bits per heavy atom. The number of carbonyl (C=O) groups excluding carboxylic acids is 1. The zero-order chi connectivity index (χ0) is 24.7. The van der Waals surface area contributed by atoms with Crippen LogP contribution in [0.4, 0.5) is 24.8 Å². The Labute approximate surface area is 194 Å². The zero-order valence-corrected chi connectivity index (χ0v) is 18.6. The number of halogens is 4. The summed E-state index contributed by atoms with van der Waals surface area (Å²) in [5, 5.41) is 5.74. The molecule has 0 bridgehead atoms. The van der Waals surface area contributed by atoms with Crippen molar-refractivity contribution >= 4 is 44.8 Å². The molecule has 0 aliphatic heterocycles. The fourth-order valence-electron chi connectivity index (χ4n) is 2.90. The monoisotopic (exact) mass is 511 g/mol. The third-order valence-corrected chi connectivity index (χ3v) is 6.07. The molecule has 4 rings (SSSR count). The third-order valence-electron chi connectivity index (χ3n) is 4.38. The van der Waals surface area contributed by atoms with Crippen molar-refractivity contribution in [1.82, 2.24) is 24.6 Å². The van der Waals surface area contributed by atoms with Gasteiger partial charge in [-0.25, -0.2) is 32.6 Å². The number of fused-ring (bicyclic) bond motifs is 1. The van der Waals surface area contributed by atoms with Crippen molar-refractivity contribution < 1.29 is 26.4 Å². The number of rotatable bonds is 5. The largest absolute Gasteiger partial charge is 0.433 e. The normalized spacial score (nSPS) is 12.0. The van der Waals surface area contributed by atoms with Gasteiger partial charge in [0.2, 0.25) is 5.95 Å². The van der Waals surface area contributed by atoms with E-state index in [9.17, 15) is 26.4 Å². The minimum Gasteiger partial charge on any atom is -0.321 e. The number of benzene rings is 1. The molecule has 0 aliphatic rings. The van der Waals surface area contributed by atoms with Crippen molar-refractivity contribution in [2.75, 3.05) is 10.0 Å². The maximum atomic E-state index is 13.4. The van der Waals surface area contributed by atoms with Crippen LogP contribution in [0, 0.1) is 6.92 Å². The van der Waals surface area contributed by atoms with Gasteiger partial charge in [-0.2, -0.15) is 18.3 Å². The molecule has 0 saturated heterocycles. The second-order valence-corrected chi connectivity index (χ2v) is 8.90. The van der Waals surface area contributed by atoms with Crippen LogP contribution in [-0.2, 0) is 16.2 Å². The standard InChI is InChI=1S/C19H13ClF3N7O3S/c1-10-9-13(19(21,22)23)30-16(26-10)14(20)15(28-30)17(31)27-11-3-5-12(6-4-11)34(32,33)29-18-24-7-2-8-25-18/h2-9H,1H3,(H,27,31)(H,24,25,29). The minimum absolute atomic E-state index is 0.0416. The van der Waals surface area contributed by atoms with E-state index < -0.39 is 33.5 Å². The number of alkyl halides is 3. The van der Waals surface area contributed by atoms with E-state index in [0.717, 1.165) is 6.07 Å². The number of hydrogen-bond donors (Lipinski definition) is 2. The molecule has 0 aliphatic carbocycles. The van der Waals surface area contributed by atoms with E-state index in [0.29, 0.717) is 4.52 Å². The lowest BCUT2D eigenvalue weighted by Gasteiger charge is -2.09. The fourth-order valence-corrected chi connectivity index (χ4v) is 4.10. The molecule has 34 heavy (non-hydrogen) atoms. The molecular formula is C19H13ClF3N7O3S. The Balaban J connectivity index is 1.58. The Morgan fingerprint density at radius 2 is 1.76 bits per heavy atom. The average Bonchev–Trinajstić information content (AvgIpc) is 3.10. The van der Waals surface area contributed by atoms with E-state index in [1.54, 1.807) is 0 Å². The smallest absolute Gasteiger partial charge is 0.321 e. The summed E-state index contributed by atoms with van der Waals surface area (Å²) in [7, 11) is -4.00. The van der Waals surface area contributed by atoms with E-state index in [4.69, 9.17) is 11.6 Å². The van der Waals surface area contributed by atoms with Gasteiger partial charge in [0.05, 0.1) is 4.90 Å². The average molecular weight is 512 g/mol. The predicted octanol–water partition coefficient (Wildman–Crippen LogP) is 3.55. The van der Waals surface area contributed by atoms with Crippen LogP contribution in [0.25, 0.3) is 5.65 Å². The number of nitrogens with one attached hydrogen (secondary N) is 2. The number of nitrogens with zero attached hydrogens (tertiary/aromatic N) is 5. The lowest BCUT2D eigenvalue weighted by atomic mass is 10.3. The van der Waals surface area contributed by atoms with Crippen molar-refractivity contribution in [3.05, 3.63) is 70.9 Å². The summed E-state index contributed by atoms with van der Waals surface area (Å²) < 4.78 is 67.6. The molecule has 0 unspecified atom stereocenters. The SMILES string of the molecule is Cc1cc(C(F)(F)F)n2nc(C(=O)Nc3ccc(S(=O)(=O)Nc4ncccn4)cc3)c(Cl)c2n1. The van der Waals surface area contributed by atoms with Gasteiger partial charge in [0.15, 0.2) is 11.3 Å². The van der Waals surface area contributed by atoms with Gasteiger partial charge in [-0.1, -0.05) is 11.6 Å². The predicted molar refractivity (Wildman–Crippen MR) is 115 cm³/mol. The lowest BCUT2D eigenvalue weighted by Crippen LogP contribution is -2.16. The summed E-state index contributed by atoms with van der Waals surface area (Å²) >= 11 is 6.10. The second kappa shape index (κ2) is 8.53. The highest BCUT2D eigenvalue weighted by molar-refractivity contribution is 7.92. The maximum absolute atomic E-state index is 13.4. The first-order valence-electron chi connectivity index (χ1n) is 9.30. The van der Waals surface area contributed by atoms with Crippen molar-refractivity contribution in [3.8, 4) is 0 Å². The molecule has 1 aromatic carbocycles. The summed E-state index contributed by atoms with van der Waals surface area (Å²) in [5.74, 6) is -1.03. The molecule has 3 heterocycles. The first-order valence-corrected chi connectivity index (χ1v) is 11.2.